The van der Waals surface area contributed by atoms with E-state index < -0.39 is 11.8 Å². The van der Waals surface area contributed by atoms with Crippen molar-refractivity contribution in [3.05, 3.63) is 47.1 Å². The van der Waals surface area contributed by atoms with Gasteiger partial charge >= 0.3 is 11.8 Å². The van der Waals surface area contributed by atoms with Crippen LogP contribution >= 0.6 is 0 Å². The van der Waals surface area contributed by atoms with Gasteiger partial charge in [0.2, 0.25) is 5.91 Å². The van der Waals surface area contributed by atoms with Gasteiger partial charge in [-0.3, -0.25) is 14.4 Å². The van der Waals surface area contributed by atoms with Gasteiger partial charge in [-0.05, 0) is 75.9 Å². The summed E-state index contributed by atoms with van der Waals surface area (Å²) in [7, 11) is 1.45. The maximum atomic E-state index is 12.1. The Morgan fingerprint density at radius 2 is 1.88 bits per heavy atom. The number of hydrogen-bond acceptors (Lipinski definition) is 4. The summed E-state index contributed by atoms with van der Waals surface area (Å²) in [6.45, 7) is 3.40. The highest BCUT2D eigenvalue weighted by Gasteiger charge is 2.14. The molecule has 7 nitrogen and oxygen atoms in total. The van der Waals surface area contributed by atoms with Crippen LogP contribution in [0.5, 0.6) is 0 Å². The lowest BCUT2D eigenvalue weighted by molar-refractivity contribution is -0.138. The molecule has 1 atom stereocenters. The highest BCUT2D eigenvalue weighted by atomic mass is 16.5. The van der Waals surface area contributed by atoms with E-state index >= 15 is 0 Å². The van der Waals surface area contributed by atoms with E-state index in [4.69, 9.17) is 4.74 Å². The van der Waals surface area contributed by atoms with Crippen LogP contribution in [0.3, 0.4) is 0 Å². The van der Waals surface area contributed by atoms with Crippen LogP contribution in [-0.2, 0) is 19.1 Å². The molecule has 7 heteroatoms. The highest BCUT2D eigenvalue weighted by Crippen LogP contribution is 2.29. The Morgan fingerprint density at radius 3 is 2.65 bits per heavy atom. The molecule has 3 amide bonds. The summed E-state index contributed by atoms with van der Waals surface area (Å²) in [6, 6.07) is 0.243. The summed E-state index contributed by atoms with van der Waals surface area (Å²) >= 11 is 0. The van der Waals surface area contributed by atoms with Gasteiger partial charge < -0.3 is 20.7 Å². The number of likely N-dealkylation sites (N-methyl/N-ethyl adjacent to an activating group) is 1. The molecular weight excluding hydrogens is 430 g/mol. The molecule has 1 unspecified atom stereocenters. The second-order valence-corrected chi connectivity index (χ2v) is 8.93. The molecule has 0 heterocycles. The van der Waals surface area contributed by atoms with Gasteiger partial charge in [0.1, 0.15) is 6.61 Å². The Balaban J connectivity index is 1.65. The van der Waals surface area contributed by atoms with Crippen molar-refractivity contribution in [3.8, 4) is 0 Å². The number of allylic oxidation sites excluding steroid dienone is 7. The van der Waals surface area contributed by atoms with Crippen molar-refractivity contribution >= 4 is 17.7 Å². The van der Waals surface area contributed by atoms with Crippen LogP contribution in [0.2, 0.25) is 0 Å². The summed E-state index contributed by atoms with van der Waals surface area (Å²) in [6.07, 6.45) is 20.4. The van der Waals surface area contributed by atoms with Crippen LogP contribution in [0, 0.1) is 0 Å². The standard InChI is InChI=1S/C27H41N3O4/c1-21-12-8-9-14-22(13-5-4-10-18-29-27(33)26(32)28-2)24(21)17-11-19-34-20-25(31)30-23-15-6-3-7-16-23/h3,6,8-9,14,23H,4-5,7,10-13,15-20H2,1-2H3,(H,28,32)(H,29,33)(H,30,31). The fraction of sp³-hybridized carbons (Fsp3) is 0.593. The number of unbranched alkanes of at least 4 members (excludes halogenated alkanes) is 2. The first kappa shape index (κ1) is 27.6. The Kier molecular flexibility index (Phi) is 13.0. The maximum Gasteiger partial charge on any atom is 0.309 e. The van der Waals surface area contributed by atoms with Crippen molar-refractivity contribution < 1.29 is 19.1 Å². The minimum atomic E-state index is -0.605. The lowest BCUT2D eigenvalue weighted by Crippen LogP contribution is -2.38. The number of rotatable bonds is 13. The third kappa shape index (κ3) is 10.5. The van der Waals surface area contributed by atoms with Crippen LogP contribution in [0.15, 0.2) is 47.1 Å². The number of ether oxygens (including phenoxy) is 1. The van der Waals surface area contributed by atoms with Gasteiger partial charge in [-0.2, -0.15) is 0 Å². The van der Waals surface area contributed by atoms with E-state index in [1.807, 2.05) is 0 Å². The molecule has 188 valence electrons. The molecular formula is C27H41N3O4. The molecule has 0 radical (unpaired) electrons. The largest absolute Gasteiger partial charge is 0.372 e. The van der Waals surface area contributed by atoms with E-state index in [1.54, 1.807) is 0 Å². The Hall–Kier alpha value is -2.67. The van der Waals surface area contributed by atoms with Gasteiger partial charge in [0.15, 0.2) is 0 Å². The van der Waals surface area contributed by atoms with E-state index in [-0.39, 0.29) is 18.6 Å². The summed E-state index contributed by atoms with van der Waals surface area (Å²) < 4.78 is 5.65. The zero-order chi connectivity index (χ0) is 24.6. The van der Waals surface area contributed by atoms with Crippen molar-refractivity contribution in [1.82, 2.24) is 16.0 Å². The summed E-state index contributed by atoms with van der Waals surface area (Å²) in [5.74, 6) is -1.21. The average Bonchev–Trinajstić information content (AvgIpc) is 3.01. The summed E-state index contributed by atoms with van der Waals surface area (Å²) in [4.78, 5) is 34.7. The van der Waals surface area contributed by atoms with E-state index in [1.165, 1.54) is 23.8 Å². The molecule has 0 saturated carbocycles. The number of carbonyl (C=O) groups excluding carboxylic acids is 3. The fourth-order valence-corrected chi connectivity index (χ4v) is 4.26. The van der Waals surface area contributed by atoms with Crippen molar-refractivity contribution in [2.75, 3.05) is 26.8 Å². The minimum absolute atomic E-state index is 0.0264. The first-order valence-corrected chi connectivity index (χ1v) is 12.6. The molecule has 2 aliphatic carbocycles. The lowest BCUT2D eigenvalue weighted by atomic mass is 9.92. The van der Waals surface area contributed by atoms with Gasteiger partial charge in [0, 0.05) is 26.2 Å². The van der Waals surface area contributed by atoms with Crippen LogP contribution in [0.25, 0.3) is 0 Å². The second-order valence-electron chi connectivity index (χ2n) is 8.93. The fourth-order valence-electron chi connectivity index (χ4n) is 4.26. The molecule has 0 bridgehead atoms. The zero-order valence-electron chi connectivity index (χ0n) is 20.8. The Labute approximate surface area is 204 Å². The van der Waals surface area contributed by atoms with Gasteiger partial charge in [0.05, 0.1) is 0 Å². The predicted molar refractivity (Wildman–Crippen MR) is 135 cm³/mol. The molecule has 0 aromatic heterocycles. The van der Waals surface area contributed by atoms with Crippen molar-refractivity contribution in [2.45, 2.75) is 77.2 Å². The SMILES string of the molecule is CNC(=O)C(=O)NCCCCCC1=CC=CCC(C)=C1CCCOCC(=O)NC1CC=CCC1. The van der Waals surface area contributed by atoms with Crippen LogP contribution in [0.1, 0.15) is 71.1 Å². The van der Waals surface area contributed by atoms with Crippen molar-refractivity contribution in [1.29, 1.82) is 0 Å². The van der Waals surface area contributed by atoms with Gasteiger partial charge in [-0.1, -0.05) is 42.4 Å². The Morgan fingerprint density at radius 1 is 1.03 bits per heavy atom. The molecule has 0 spiro atoms. The van der Waals surface area contributed by atoms with E-state index in [2.05, 4.69) is 53.3 Å². The number of hydrogen-bond donors (Lipinski definition) is 3. The molecule has 0 fully saturated rings. The van der Waals surface area contributed by atoms with Gasteiger partial charge in [-0.25, -0.2) is 0 Å². The summed E-state index contributed by atoms with van der Waals surface area (Å²) in [5.41, 5.74) is 4.16. The van der Waals surface area contributed by atoms with Gasteiger partial charge in [0.25, 0.3) is 0 Å². The minimum Gasteiger partial charge on any atom is -0.372 e. The quantitative estimate of drug-likeness (QED) is 0.217. The normalized spacial score (nSPS) is 17.7. The maximum absolute atomic E-state index is 12.1. The van der Waals surface area contributed by atoms with Crippen molar-refractivity contribution in [3.63, 3.8) is 0 Å². The van der Waals surface area contributed by atoms with Gasteiger partial charge in [-0.15, -0.1) is 0 Å². The van der Waals surface area contributed by atoms with E-state index in [0.717, 1.165) is 64.2 Å². The molecule has 2 rings (SSSR count). The van der Waals surface area contributed by atoms with E-state index in [0.29, 0.717) is 13.2 Å². The number of nitrogens with one attached hydrogen (secondary N) is 3. The lowest BCUT2D eigenvalue weighted by Gasteiger charge is -2.19. The molecule has 0 aromatic rings. The van der Waals surface area contributed by atoms with Crippen LogP contribution < -0.4 is 16.0 Å². The van der Waals surface area contributed by atoms with Crippen molar-refractivity contribution in [2.24, 2.45) is 0 Å². The average molecular weight is 472 g/mol. The second kappa shape index (κ2) is 16.0. The zero-order valence-corrected chi connectivity index (χ0v) is 20.8. The Bertz CT molecular complexity index is 811. The number of amides is 3. The molecule has 0 aliphatic heterocycles. The smallest absolute Gasteiger partial charge is 0.309 e. The summed E-state index contributed by atoms with van der Waals surface area (Å²) in [5, 5.41) is 8.01. The third-order valence-electron chi connectivity index (χ3n) is 6.18. The van der Waals surface area contributed by atoms with E-state index in [9.17, 15) is 14.4 Å². The first-order chi connectivity index (χ1) is 16.5. The molecule has 0 aromatic carbocycles. The van der Waals surface area contributed by atoms with Crippen LogP contribution in [0.4, 0.5) is 0 Å². The van der Waals surface area contributed by atoms with Crippen LogP contribution in [-0.4, -0.2) is 50.6 Å². The third-order valence-corrected chi connectivity index (χ3v) is 6.18. The highest BCUT2D eigenvalue weighted by molar-refractivity contribution is 6.34. The molecule has 34 heavy (non-hydrogen) atoms. The molecule has 3 N–H and O–H groups in total. The topological polar surface area (TPSA) is 96.5 Å². The first-order valence-electron chi connectivity index (χ1n) is 12.6. The molecule has 2 aliphatic rings. The monoisotopic (exact) mass is 471 g/mol. The molecule has 0 saturated heterocycles. The number of carbonyl (C=O) groups is 3. The predicted octanol–water partition coefficient (Wildman–Crippen LogP) is 3.63.